The third kappa shape index (κ3) is 7.07. The van der Waals surface area contributed by atoms with Gasteiger partial charge in [-0.1, -0.05) is 29.8 Å². The van der Waals surface area contributed by atoms with Crippen LogP contribution in [0.4, 0.5) is 5.69 Å². The molecule has 0 unspecified atom stereocenters. The molecule has 152 valence electrons. The molecule has 2 aromatic carbocycles. The van der Waals surface area contributed by atoms with Gasteiger partial charge in [-0.2, -0.15) is 0 Å². The summed E-state index contributed by atoms with van der Waals surface area (Å²) in [4.78, 5) is 18.8. The third-order valence-corrected chi connectivity index (χ3v) is 5.43. The number of hydrogen-bond acceptors (Lipinski definition) is 5. The van der Waals surface area contributed by atoms with Gasteiger partial charge in [0.25, 0.3) is 0 Å². The molecular formula is C22H24ClN3O2S. The summed E-state index contributed by atoms with van der Waals surface area (Å²) in [6, 6.07) is 17.4. The van der Waals surface area contributed by atoms with E-state index in [0.29, 0.717) is 18.2 Å². The first-order valence-electron chi connectivity index (χ1n) is 9.44. The number of benzene rings is 2. The Balaban J connectivity index is 1.35. The number of halogens is 1. The number of aromatic nitrogens is 1. The van der Waals surface area contributed by atoms with Crippen LogP contribution in [0, 0.1) is 0 Å². The van der Waals surface area contributed by atoms with Gasteiger partial charge in [0.15, 0.2) is 0 Å². The van der Waals surface area contributed by atoms with Crippen LogP contribution in [-0.2, 0) is 17.8 Å². The Hall–Kier alpha value is -2.57. The fourth-order valence-corrected chi connectivity index (χ4v) is 3.59. The molecule has 1 amide bonds. The standard InChI is InChI=1S/C22H24ClN3O2S/c1-26(19-6-3-2-4-7-19)13-5-12-24-21(27)14-18-16-29-22(25-18)15-28-20-10-8-17(23)9-11-20/h2-4,6-11,16H,5,12-15H2,1H3,(H,24,27). The van der Waals surface area contributed by atoms with Crippen LogP contribution < -0.4 is 15.0 Å². The zero-order valence-electron chi connectivity index (χ0n) is 16.3. The van der Waals surface area contributed by atoms with Gasteiger partial charge in [-0.15, -0.1) is 11.3 Å². The summed E-state index contributed by atoms with van der Waals surface area (Å²) in [5, 5.41) is 6.38. The summed E-state index contributed by atoms with van der Waals surface area (Å²) in [6.45, 7) is 1.90. The van der Waals surface area contributed by atoms with E-state index < -0.39 is 0 Å². The van der Waals surface area contributed by atoms with E-state index in [4.69, 9.17) is 16.3 Å². The molecule has 3 aromatic rings. The first-order chi connectivity index (χ1) is 14.1. The number of anilines is 1. The highest BCUT2D eigenvalue weighted by Crippen LogP contribution is 2.18. The van der Waals surface area contributed by atoms with Crippen molar-refractivity contribution in [3.05, 3.63) is 75.7 Å². The number of thiazole rings is 1. The number of carbonyl (C=O) groups excluding carboxylic acids is 1. The van der Waals surface area contributed by atoms with Crippen molar-refractivity contribution in [1.29, 1.82) is 0 Å². The van der Waals surface area contributed by atoms with E-state index in [2.05, 4.69) is 34.4 Å². The summed E-state index contributed by atoms with van der Waals surface area (Å²) >= 11 is 7.36. The second-order valence-corrected chi connectivity index (χ2v) is 7.99. The van der Waals surface area contributed by atoms with E-state index in [1.54, 1.807) is 12.1 Å². The number of amides is 1. The second-order valence-electron chi connectivity index (χ2n) is 6.61. The van der Waals surface area contributed by atoms with E-state index in [1.807, 2.05) is 35.7 Å². The van der Waals surface area contributed by atoms with Crippen molar-refractivity contribution in [1.82, 2.24) is 10.3 Å². The van der Waals surface area contributed by atoms with Crippen molar-refractivity contribution in [2.45, 2.75) is 19.4 Å². The second kappa shape index (κ2) is 10.8. The number of para-hydroxylation sites is 1. The molecule has 29 heavy (non-hydrogen) atoms. The Bertz CT molecular complexity index is 900. The largest absolute Gasteiger partial charge is 0.486 e. The van der Waals surface area contributed by atoms with E-state index in [-0.39, 0.29) is 12.3 Å². The first kappa shape index (κ1) is 21.1. The predicted octanol–water partition coefficient (Wildman–Crippen LogP) is 4.56. The SMILES string of the molecule is CN(CCCNC(=O)Cc1csc(COc2ccc(Cl)cc2)n1)c1ccccc1. The highest BCUT2D eigenvalue weighted by atomic mass is 35.5. The summed E-state index contributed by atoms with van der Waals surface area (Å²) in [6.07, 6.45) is 1.17. The quantitative estimate of drug-likeness (QED) is 0.480. The lowest BCUT2D eigenvalue weighted by Gasteiger charge is -2.19. The average Bonchev–Trinajstić information content (AvgIpc) is 3.18. The Morgan fingerprint density at radius 1 is 1.17 bits per heavy atom. The number of ether oxygens (including phenoxy) is 1. The Morgan fingerprint density at radius 3 is 2.69 bits per heavy atom. The minimum absolute atomic E-state index is 0.0113. The number of rotatable bonds is 10. The molecule has 0 aliphatic rings. The average molecular weight is 430 g/mol. The fraction of sp³-hybridized carbons (Fsp3) is 0.273. The normalized spacial score (nSPS) is 10.6. The van der Waals surface area contributed by atoms with E-state index in [1.165, 1.54) is 17.0 Å². The molecule has 0 spiro atoms. The first-order valence-corrected chi connectivity index (χ1v) is 10.7. The van der Waals surface area contributed by atoms with Crippen LogP contribution in [0.3, 0.4) is 0 Å². The molecular weight excluding hydrogens is 406 g/mol. The number of carbonyl (C=O) groups is 1. The molecule has 0 fully saturated rings. The predicted molar refractivity (Wildman–Crippen MR) is 119 cm³/mol. The van der Waals surface area contributed by atoms with Gasteiger partial charge in [-0.05, 0) is 42.8 Å². The van der Waals surface area contributed by atoms with Crippen molar-refractivity contribution in [3.63, 3.8) is 0 Å². The summed E-state index contributed by atoms with van der Waals surface area (Å²) in [5.41, 5.74) is 1.94. The third-order valence-electron chi connectivity index (χ3n) is 4.31. The number of nitrogens with zero attached hydrogens (tertiary/aromatic N) is 2. The lowest BCUT2D eigenvalue weighted by Crippen LogP contribution is -2.29. The van der Waals surface area contributed by atoms with Crippen LogP contribution in [0.2, 0.25) is 5.02 Å². The highest BCUT2D eigenvalue weighted by Gasteiger charge is 2.08. The van der Waals surface area contributed by atoms with Crippen LogP contribution in [-0.4, -0.2) is 31.0 Å². The Labute approximate surface area is 180 Å². The van der Waals surface area contributed by atoms with E-state index in [0.717, 1.165) is 29.4 Å². The molecule has 0 aliphatic heterocycles. The van der Waals surface area contributed by atoms with Gasteiger partial charge in [0, 0.05) is 36.2 Å². The van der Waals surface area contributed by atoms with Gasteiger partial charge >= 0.3 is 0 Å². The van der Waals surface area contributed by atoms with Gasteiger partial charge < -0.3 is 15.0 Å². The van der Waals surface area contributed by atoms with Crippen molar-refractivity contribution >= 4 is 34.5 Å². The lowest BCUT2D eigenvalue weighted by molar-refractivity contribution is -0.120. The lowest BCUT2D eigenvalue weighted by atomic mass is 10.3. The number of nitrogens with one attached hydrogen (secondary N) is 1. The van der Waals surface area contributed by atoms with Gasteiger partial charge in [-0.3, -0.25) is 4.79 Å². The van der Waals surface area contributed by atoms with Crippen LogP contribution in [0.15, 0.2) is 60.0 Å². The zero-order chi connectivity index (χ0) is 20.5. The van der Waals surface area contributed by atoms with Crippen LogP contribution in [0.1, 0.15) is 17.1 Å². The molecule has 0 radical (unpaired) electrons. The molecule has 1 aromatic heterocycles. The number of hydrogen-bond donors (Lipinski definition) is 1. The van der Waals surface area contributed by atoms with Crippen LogP contribution in [0.25, 0.3) is 0 Å². The molecule has 0 aliphatic carbocycles. The molecule has 7 heteroatoms. The minimum Gasteiger partial charge on any atom is -0.486 e. The Kier molecular flexibility index (Phi) is 7.90. The van der Waals surface area contributed by atoms with Gasteiger partial charge in [0.2, 0.25) is 5.91 Å². The molecule has 3 rings (SSSR count). The maximum absolute atomic E-state index is 12.1. The maximum atomic E-state index is 12.1. The molecule has 0 atom stereocenters. The summed E-state index contributed by atoms with van der Waals surface area (Å²) in [7, 11) is 2.06. The van der Waals surface area contributed by atoms with E-state index in [9.17, 15) is 4.79 Å². The zero-order valence-corrected chi connectivity index (χ0v) is 17.9. The summed E-state index contributed by atoms with van der Waals surface area (Å²) < 4.78 is 5.69. The molecule has 0 bridgehead atoms. The van der Waals surface area contributed by atoms with Crippen molar-refractivity contribution in [2.75, 3.05) is 25.0 Å². The van der Waals surface area contributed by atoms with E-state index >= 15 is 0 Å². The van der Waals surface area contributed by atoms with Crippen molar-refractivity contribution < 1.29 is 9.53 Å². The van der Waals surface area contributed by atoms with Crippen LogP contribution >= 0.6 is 22.9 Å². The highest BCUT2D eigenvalue weighted by molar-refractivity contribution is 7.09. The maximum Gasteiger partial charge on any atom is 0.226 e. The molecule has 1 heterocycles. The van der Waals surface area contributed by atoms with Gasteiger partial charge in [0.05, 0.1) is 12.1 Å². The van der Waals surface area contributed by atoms with Crippen molar-refractivity contribution in [2.24, 2.45) is 0 Å². The molecule has 0 saturated carbocycles. The Morgan fingerprint density at radius 2 is 1.93 bits per heavy atom. The molecule has 5 nitrogen and oxygen atoms in total. The molecule has 1 N–H and O–H groups in total. The summed E-state index contributed by atoms with van der Waals surface area (Å²) in [5.74, 6) is 0.729. The smallest absolute Gasteiger partial charge is 0.226 e. The van der Waals surface area contributed by atoms with Crippen LogP contribution in [0.5, 0.6) is 5.75 Å². The van der Waals surface area contributed by atoms with Gasteiger partial charge in [0.1, 0.15) is 17.4 Å². The topological polar surface area (TPSA) is 54.5 Å². The minimum atomic E-state index is -0.0113. The fourth-order valence-electron chi connectivity index (χ4n) is 2.75. The monoisotopic (exact) mass is 429 g/mol. The van der Waals surface area contributed by atoms with Crippen molar-refractivity contribution in [3.8, 4) is 5.75 Å². The van der Waals surface area contributed by atoms with Gasteiger partial charge in [-0.25, -0.2) is 4.98 Å². The molecule has 0 saturated heterocycles.